The van der Waals surface area contributed by atoms with Gasteiger partial charge in [0.25, 0.3) is 0 Å². The highest BCUT2D eigenvalue weighted by Gasteiger charge is 2.15. The van der Waals surface area contributed by atoms with E-state index in [4.69, 9.17) is 0 Å². The first-order valence-electron chi connectivity index (χ1n) is 4.30. The van der Waals surface area contributed by atoms with Crippen LogP contribution >= 0.6 is 0 Å². The maximum Gasteiger partial charge on any atom is 0.219 e. The topological polar surface area (TPSA) is 41.1 Å². The third kappa shape index (κ3) is 2.89. The van der Waals surface area contributed by atoms with Crippen molar-refractivity contribution in [3.05, 3.63) is 0 Å². The molecule has 0 unspecified atom stereocenters. The van der Waals surface area contributed by atoms with Gasteiger partial charge in [-0.2, -0.15) is 0 Å². The van der Waals surface area contributed by atoms with Gasteiger partial charge >= 0.3 is 0 Å². The average molecular weight is 156 g/mol. The largest absolute Gasteiger partial charge is 0.356 e. The van der Waals surface area contributed by atoms with Crippen molar-refractivity contribution in [1.82, 2.24) is 10.6 Å². The number of rotatable bonds is 4. The van der Waals surface area contributed by atoms with Gasteiger partial charge in [-0.1, -0.05) is 6.92 Å². The van der Waals surface area contributed by atoms with Gasteiger partial charge in [-0.25, -0.2) is 0 Å². The molecule has 1 aliphatic heterocycles. The van der Waals surface area contributed by atoms with Crippen LogP contribution in [0.2, 0.25) is 0 Å². The molecule has 64 valence electrons. The number of hydrogen-bond acceptors (Lipinski definition) is 2. The van der Waals surface area contributed by atoms with Gasteiger partial charge in [0, 0.05) is 13.0 Å². The zero-order chi connectivity index (χ0) is 8.10. The Morgan fingerprint density at radius 3 is 2.82 bits per heavy atom. The summed E-state index contributed by atoms with van der Waals surface area (Å²) in [5.41, 5.74) is 0. The molecule has 0 atom stereocenters. The molecule has 1 aliphatic rings. The van der Waals surface area contributed by atoms with Gasteiger partial charge in [0.05, 0.1) is 0 Å². The summed E-state index contributed by atoms with van der Waals surface area (Å²) in [6, 6.07) is 0. The minimum Gasteiger partial charge on any atom is -0.356 e. The minimum atomic E-state index is 0.164. The molecule has 0 aliphatic carbocycles. The van der Waals surface area contributed by atoms with Gasteiger partial charge in [-0.3, -0.25) is 4.79 Å². The van der Waals surface area contributed by atoms with E-state index in [0.29, 0.717) is 6.42 Å². The lowest BCUT2D eigenvalue weighted by atomic mass is 10.00. The van der Waals surface area contributed by atoms with Gasteiger partial charge in [0.2, 0.25) is 5.91 Å². The van der Waals surface area contributed by atoms with Gasteiger partial charge in [-0.05, 0) is 25.4 Å². The smallest absolute Gasteiger partial charge is 0.219 e. The molecule has 0 saturated carbocycles. The normalized spacial score (nSPS) is 17.5. The van der Waals surface area contributed by atoms with Crippen LogP contribution in [0, 0.1) is 5.92 Å². The van der Waals surface area contributed by atoms with Crippen molar-refractivity contribution in [2.24, 2.45) is 5.92 Å². The van der Waals surface area contributed by atoms with E-state index in [2.05, 4.69) is 10.6 Å². The van der Waals surface area contributed by atoms with E-state index >= 15 is 0 Å². The first-order valence-corrected chi connectivity index (χ1v) is 4.30. The molecule has 0 aromatic carbocycles. The highest BCUT2D eigenvalue weighted by atomic mass is 16.1. The molecule has 0 aromatic rings. The first kappa shape index (κ1) is 8.53. The molecule has 0 bridgehead atoms. The molecule has 1 saturated heterocycles. The molecule has 0 spiro atoms. The van der Waals surface area contributed by atoms with E-state index in [1.165, 1.54) is 0 Å². The number of nitrogens with one attached hydrogen (secondary N) is 2. The summed E-state index contributed by atoms with van der Waals surface area (Å²) in [6.45, 7) is 4.98. The lowest BCUT2D eigenvalue weighted by Gasteiger charge is -2.26. The molecule has 1 amide bonds. The summed E-state index contributed by atoms with van der Waals surface area (Å²) in [5, 5.41) is 6.07. The maximum absolute atomic E-state index is 10.8. The Morgan fingerprint density at radius 2 is 2.36 bits per heavy atom. The fourth-order valence-corrected chi connectivity index (χ4v) is 1.09. The number of hydrogen-bond donors (Lipinski definition) is 2. The van der Waals surface area contributed by atoms with E-state index < -0.39 is 0 Å². The predicted octanol–water partition coefficient (Wildman–Crippen LogP) is 0.122. The summed E-state index contributed by atoms with van der Waals surface area (Å²) in [7, 11) is 0. The molecule has 1 fully saturated rings. The molecule has 11 heavy (non-hydrogen) atoms. The van der Waals surface area contributed by atoms with Crippen molar-refractivity contribution in [2.75, 3.05) is 19.6 Å². The molecule has 0 aromatic heterocycles. The Hall–Kier alpha value is -0.570. The van der Waals surface area contributed by atoms with E-state index in [1.807, 2.05) is 6.92 Å². The van der Waals surface area contributed by atoms with Crippen LogP contribution in [-0.2, 0) is 4.79 Å². The highest BCUT2D eigenvalue weighted by molar-refractivity contribution is 5.75. The van der Waals surface area contributed by atoms with Gasteiger partial charge < -0.3 is 10.6 Å². The maximum atomic E-state index is 10.8. The predicted molar refractivity (Wildman–Crippen MR) is 44.3 cm³/mol. The van der Waals surface area contributed by atoms with E-state index in [-0.39, 0.29) is 5.91 Å². The quantitative estimate of drug-likeness (QED) is 0.607. The monoisotopic (exact) mass is 156 g/mol. The molecule has 3 heteroatoms. The lowest BCUT2D eigenvalue weighted by Crippen LogP contribution is -2.43. The van der Waals surface area contributed by atoms with Crippen molar-refractivity contribution < 1.29 is 4.79 Å². The van der Waals surface area contributed by atoms with E-state index in [9.17, 15) is 4.79 Å². The summed E-state index contributed by atoms with van der Waals surface area (Å²) in [6.07, 6.45) is 1.72. The van der Waals surface area contributed by atoms with Crippen LogP contribution in [0.25, 0.3) is 0 Å². The van der Waals surface area contributed by atoms with Crippen LogP contribution in [0.5, 0.6) is 0 Å². The fourth-order valence-electron chi connectivity index (χ4n) is 1.09. The van der Waals surface area contributed by atoms with Crippen molar-refractivity contribution in [3.8, 4) is 0 Å². The molecular formula is C8H16N2O. The third-order valence-corrected chi connectivity index (χ3v) is 2.06. The lowest BCUT2D eigenvalue weighted by molar-refractivity contribution is -0.120. The van der Waals surface area contributed by atoms with Gasteiger partial charge in [-0.15, -0.1) is 0 Å². The molecule has 0 radical (unpaired) electrons. The minimum absolute atomic E-state index is 0.164. The summed E-state index contributed by atoms with van der Waals surface area (Å²) in [5.74, 6) is 0.962. The summed E-state index contributed by atoms with van der Waals surface area (Å²) in [4.78, 5) is 10.8. The Morgan fingerprint density at radius 1 is 1.64 bits per heavy atom. The molecule has 1 heterocycles. The molecule has 2 N–H and O–H groups in total. The average Bonchev–Trinajstić information content (AvgIpc) is 1.94. The Kier molecular flexibility index (Phi) is 3.36. The van der Waals surface area contributed by atoms with Crippen molar-refractivity contribution in [3.63, 3.8) is 0 Å². The summed E-state index contributed by atoms with van der Waals surface area (Å²) < 4.78 is 0. The SMILES string of the molecule is CCC(=O)NCCC1CNC1. The van der Waals surface area contributed by atoms with Gasteiger partial charge in [0.1, 0.15) is 0 Å². The second kappa shape index (κ2) is 4.34. The van der Waals surface area contributed by atoms with Crippen molar-refractivity contribution in [1.29, 1.82) is 0 Å². The molecule has 1 rings (SSSR count). The second-order valence-corrected chi connectivity index (χ2v) is 3.02. The Bertz CT molecular complexity index is 132. The van der Waals surface area contributed by atoms with Crippen LogP contribution in [0.1, 0.15) is 19.8 Å². The van der Waals surface area contributed by atoms with Crippen LogP contribution in [-0.4, -0.2) is 25.5 Å². The molecular weight excluding hydrogens is 140 g/mol. The standard InChI is InChI=1S/C8H16N2O/c1-2-8(11)10-4-3-7-5-9-6-7/h7,9H,2-6H2,1H3,(H,10,11). The first-order chi connectivity index (χ1) is 5.33. The highest BCUT2D eigenvalue weighted by Crippen LogP contribution is 2.06. The third-order valence-electron chi connectivity index (χ3n) is 2.06. The fraction of sp³-hybridized carbons (Fsp3) is 0.875. The van der Waals surface area contributed by atoms with Crippen LogP contribution < -0.4 is 10.6 Å². The van der Waals surface area contributed by atoms with Crippen molar-refractivity contribution >= 4 is 5.91 Å². The van der Waals surface area contributed by atoms with Crippen LogP contribution in [0.4, 0.5) is 0 Å². The number of carbonyl (C=O) groups is 1. The van der Waals surface area contributed by atoms with E-state index in [0.717, 1.165) is 32.0 Å². The molecule has 3 nitrogen and oxygen atoms in total. The van der Waals surface area contributed by atoms with Crippen LogP contribution in [0.3, 0.4) is 0 Å². The number of carbonyl (C=O) groups excluding carboxylic acids is 1. The zero-order valence-corrected chi connectivity index (χ0v) is 7.02. The number of amides is 1. The second-order valence-electron chi connectivity index (χ2n) is 3.02. The van der Waals surface area contributed by atoms with Crippen LogP contribution in [0.15, 0.2) is 0 Å². The Labute approximate surface area is 67.5 Å². The van der Waals surface area contributed by atoms with Crippen molar-refractivity contribution in [2.45, 2.75) is 19.8 Å². The van der Waals surface area contributed by atoms with E-state index in [1.54, 1.807) is 0 Å². The Balaban J connectivity index is 1.90. The van der Waals surface area contributed by atoms with Gasteiger partial charge in [0.15, 0.2) is 0 Å². The summed E-state index contributed by atoms with van der Waals surface area (Å²) >= 11 is 0. The zero-order valence-electron chi connectivity index (χ0n) is 7.02.